The number of imide groups is 1. The summed E-state index contributed by atoms with van der Waals surface area (Å²) in [6.45, 7) is 0.347. The van der Waals surface area contributed by atoms with Crippen molar-refractivity contribution in [3.8, 4) is 0 Å². The van der Waals surface area contributed by atoms with Gasteiger partial charge in [0.2, 0.25) is 0 Å². The van der Waals surface area contributed by atoms with E-state index in [1.54, 1.807) is 0 Å². The number of hydrogen-bond acceptors (Lipinski definition) is 2. The highest BCUT2D eigenvalue weighted by molar-refractivity contribution is 14.1. The lowest BCUT2D eigenvalue weighted by Crippen LogP contribution is -2.29. The third-order valence-electron chi connectivity index (χ3n) is 2.26. The second kappa shape index (κ2) is 4.82. The molecule has 0 atom stereocenters. The molecule has 3 nitrogen and oxygen atoms in total. The molecule has 1 aliphatic rings. The molecular formula is C11H7I2NO2. The van der Waals surface area contributed by atoms with Crippen molar-refractivity contribution in [1.82, 2.24) is 4.90 Å². The Morgan fingerprint density at radius 3 is 2.31 bits per heavy atom. The van der Waals surface area contributed by atoms with Gasteiger partial charge in [0.15, 0.2) is 0 Å². The molecule has 0 aromatic heterocycles. The summed E-state index contributed by atoms with van der Waals surface area (Å²) >= 11 is 4.46. The van der Waals surface area contributed by atoms with E-state index in [0.717, 1.165) is 12.7 Å². The van der Waals surface area contributed by atoms with Crippen LogP contribution in [0.5, 0.6) is 0 Å². The lowest BCUT2D eigenvalue weighted by Gasteiger charge is -2.15. The lowest BCUT2D eigenvalue weighted by atomic mass is 10.2. The molecule has 5 heteroatoms. The van der Waals surface area contributed by atoms with Crippen LogP contribution in [-0.2, 0) is 16.1 Å². The highest BCUT2D eigenvalue weighted by Crippen LogP contribution is 2.21. The summed E-state index contributed by atoms with van der Waals surface area (Å²) in [6, 6.07) is 5.86. The Bertz CT molecular complexity index is 479. The highest BCUT2D eigenvalue weighted by atomic mass is 127. The zero-order valence-electron chi connectivity index (χ0n) is 8.11. The summed E-state index contributed by atoms with van der Waals surface area (Å²) in [7, 11) is 0. The first kappa shape index (κ1) is 12.0. The minimum Gasteiger partial charge on any atom is -0.271 e. The summed E-state index contributed by atoms with van der Waals surface area (Å²) in [5.41, 5.74) is 0.998. The van der Waals surface area contributed by atoms with Crippen LogP contribution in [0.2, 0.25) is 0 Å². The number of halogens is 2. The maximum Gasteiger partial charge on any atom is 0.253 e. The monoisotopic (exact) mass is 439 g/mol. The molecule has 2 rings (SSSR count). The average molecular weight is 439 g/mol. The van der Waals surface area contributed by atoms with Crippen LogP contribution in [-0.4, -0.2) is 16.7 Å². The Morgan fingerprint density at radius 1 is 1.06 bits per heavy atom. The molecule has 0 spiro atoms. The first-order valence-electron chi connectivity index (χ1n) is 4.56. The van der Waals surface area contributed by atoms with Crippen LogP contribution in [0.4, 0.5) is 0 Å². The molecule has 0 unspecified atom stereocenters. The standard InChI is InChI=1S/C11H7I2NO2/c12-8-3-1-2-7(11(8)13)6-14-9(15)4-5-10(14)16/h1-5H,6H2. The van der Waals surface area contributed by atoms with E-state index in [4.69, 9.17) is 0 Å². The van der Waals surface area contributed by atoms with Gasteiger partial charge in [-0.3, -0.25) is 14.5 Å². The van der Waals surface area contributed by atoms with Crippen LogP contribution in [0, 0.1) is 7.14 Å². The van der Waals surface area contributed by atoms with Gasteiger partial charge in [-0.2, -0.15) is 0 Å². The number of amides is 2. The van der Waals surface area contributed by atoms with Crippen molar-refractivity contribution >= 4 is 57.0 Å². The van der Waals surface area contributed by atoms with Crippen molar-refractivity contribution in [3.05, 3.63) is 43.1 Å². The van der Waals surface area contributed by atoms with E-state index in [-0.39, 0.29) is 11.8 Å². The van der Waals surface area contributed by atoms with Crippen LogP contribution >= 0.6 is 45.2 Å². The Morgan fingerprint density at radius 2 is 1.69 bits per heavy atom. The van der Waals surface area contributed by atoms with Crippen LogP contribution in [0.15, 0.2) is 30.4 Å². The molecule has 82 valence electrons. The molecule has 1 aromatic carbocycles. The van der Waals surface area contributed by atoms with E-state index in [2.05, 4.69) is 45.2 Å². The molecule has 0 saturated heterocycles. The van der Waals surface area contributed by atoms with Crippen molar-refractivity contribution in [1.29, 1.82) is 0 Å². The topological polar surface area (TPSA) is 37.4 Å². The predicted molar refractivity (Wildman–Crippen MR) is 76.6 cm³/mol. The molecule has 1 heterocycles. The molecule has 0 bridgehead atoms. The van der Waals surface area contributed by atoms with Gasteiger partial charge in [0.1, 0.15) is 0 Å². The molecule has 1 aliphatic heterocycles. The van der Waals surface area contributed by atoms with E-state index < -0.39 is 0 Å². The van der Waals surface area contributed by atoms with E-state index in [0.29, 0.717) is 6.54 Å². The van der Waals surface area contributed by atoms with Gasteiger partial charge in [-0.15, -0.1) is 0 Å². The van der Waals surface area contributed by atoms with Crippen LogP contribution in [0.1, 0.15) is 5.56 Å². The van der Waals surface area contributed by atoms with Gasteiger partial charge in [-0.1, -0.05) is 12.1 Å². The largest absolute Gasteiger partial charge is 0.271 e. The number of carbonyl (C=O) groups is 2. The van der Waals surface area contributed by atoms with Gasteiger partial charge in [0.25, 0.3) is 11.8 Å². The predicted octanol–water partition coefficient (Wildman–Crippen LogP) is 2.32. The molecule has 0 aliphatic carbocycles. The summed E-state index contributed by atoms with van der Waals surface area (Å²) in [6.07, 6.45) is 2.62. The first-order chi connectivity index (χ1) is 7.59. The van der Waals surface area contributed by atoms with Gasteiger partial charge < -0.3 is 0 Å². The summed E-state index contributed by atoms with van der Waals surface area (Å²) in [4.78, 5) is 24.0. The van der Waals surface area contributed by atoms with Gasteiger partial charge >= 0.3 is 0 Å². The maximum atomic E-state index is 11.4. The Hall–Kier alpha value is -0.440. The Balaban J connectivity index is 2.25. The molecule has 2 amide bonds. The van der Waals surface area contributed by atoms with Crippen molar-refractivity contribution in [3.63, 3.8) is 0 Å². The summed E-state index contributed by atoms with van der Waals surface area (Å²) < 4.78 is 2.22. The van der Waals surface area contributed by atoms with Gasteiger partial charge in [-0.05, 0) is 56.8 Å². The molecule has 1 aromatic rings. The summed E-state index contributed by atoms with van der Waals surface area (Å²) in [5.74, 6) is -0.473. The van der Waals surface area contributed by atoms with Crippen LogP contribution in [0.25, 0.3) is 0 Å². The second-order valence-corrected chi connectivity index (χ2v) is 5.55. The molecule has 0 radical (unpaired) electrons. The van der Waals surface area contributed by atoms with E-state index in [1.165, 1.54) is 17.1 Å². The number of rotatable bonds is 2. The Kier molecular flexibility index (Phi) is 3.63. The number of hydrogen-bond donors (Lipinski definition) is 0. The quantitative estimate of drug-likeness (QED) is 0.525. The van der Waals surface area contributed by atoms with E-state index in [1.807, 2.05) is 18.2 Å². The fourth-order valence-electron chi connectivity index (χ4n) is 1.43. The average Bonchev–Trinajstić information content (AvgIpc) is 2.56. The third-order valence-corrected chi connectivity index (χ3v) is 5.47. The fourth-order valence-corrected chi connectivity index (χ4v) is 2.51. The van der Waals surface area contributed by atoms with Crippen molar-refractivity contribution < 1.29 is 9.59 Å². The van der Waals surface area contributed by atoms with Crippen LogP contribution in [0.3, 0.4) is 0 Å². The number of benzene rings is 1. The van der Waals surface area contributed by atoms with Crippen molar-refractivity contribution in [2.75, 3.05) is 0 Å². The lowest BCUT2D eigenvalue weighted by molar-refractivity contribution is -0.137. The molecule has 0 N–H and O–H groups in total. The van der Waals surface area contributed by atoms with Gasteiger partial charge in [-0.25, -0.2) is 0 Å². The Labute approximate surface area is 120 Å². The molecule has 0 fully saturated rings. The summed E-state index contributed by atoms with van der Waals surface area (Å²) in [5, 5.41) is 0. The van der Waals surface area contributed by atoms with E-state index in [9.17, 15) is 9.59 Å². The van der Waals surface area contributed by atoms with Gasteiger partial charge in [0, 0.05) is 19.3 Å². The number of nitrogens with zero attached hydrogens (tertiary/aromatic N) is 1. The van der Waals surface area contributed by atoms with Crippen LogP contribution < -0.4 is 0 Å². The molecule has 16 heavy (non-hydrogen) atoms. The molecular weight excluding hydrogens is 432 g/mol. The fraction of sp³-hybridized carbons (Fsp3) is 0.0909. The first-order valence-corrected chi connectivity index (χ1v) is 6.72. The normalized spacial score (nSPS) is 15.0. The molecule has 0 saturated carbocycles. The second-order valence-electron chi connectivity index (χ2n) is 3.31. The minimum absolute atomic E-state index is 0.236. The minimum atomic E-state index is -0.236. The van der Waals surface area contributed by atoms with E-state index >= 15 is 0 Å². The van der Waals surface area contributed by atoms with Crippen molar-refractivity contribution in [2.45, 2.75) is 6.54 Å². The third kappa shape index (κ3) is 2.29. The van der Waals surface area contributed by atoms with Crippen molar-refractivity contribution in [2.24, 2.45) is 0 Å². The zero-order chi connectivity index (χ0) is 11.7. The number of carbonyl (C=O) groups excluding carboxylic acids is 2. The zero-order valence-corrected chi connectivity index (χ0v) is 12.4. The smallest absolute Gasteiger partial charge is 0.253 e. The SMILES string of the molecule is O=C1C=CC(=O)N1Cc1cccc(I)c1I. The highest BCUT2D eigenvalue weighted by Gasteiger charge is 2.24. The van der Waals surface area contributed by atoms with Gasteiger partial charge in [0.05, 0.1) is 6.54 Å². The maximum absolute atomic E-state index is 11.4.